The zero-order chi connectivity index (χ0) is 12.6. The van der Waals surface area contributed by atoms with E-state index >= 15 is 0 Å². The Morgan fingerprint density at radius 3 is 2.25 bits per heavy atom. The van der Waals surface area contributed by atoms with Crippen LogP contribution in [0.5, 0.6) is 0 Å². The van der Waals surface area contributed by atoms with Gasteiger partial charge < -0.3 is 10.4 Å². The van der Waals surface area contributed by atoms with Crippen LogP contribution in [0.15, 0.2) is 0 Å². The average Bonchev–Trinajstić information content (AvgIpc) is 2.93. The van der Waals surface area contributed by atoms with Gasteiger partial charge in [0.05, 0.1) is 6.61 Å². The first-order chi connectivity index (χ1) is 7.15. The van der Waals surface area contributed by atoms with Crippen molar-refractivity contribution >= 4 is 15.7 Å². The van der Waals surface area contributed by atoms with Gasteiger partial charge in [-0.25, -0.2) is 8.42 Å². The van der Waals surface area contributed by atoms with Crippen LogP contribution in [-0.4, -0.2) is 43.6 Å². The quantitative estimate of drug-likeness (QED) is 0.700. The molecule has 0 aromatic rings. The van der Waals surface area contributed by atoms with E-state index in [0.29, 0.717) is 6.54 Å². The van der Waals surface area contributed by atoms with Gasteiger partial charge in [0, 0.05) is 18.2 Å². The highest BCUT2D eigenvalue weighted by atomic mass is 32.2. The third-order valence-electron chi connectivity index (χ3n) is 3.39. The number of sulfone groups is 1. The Morgan fingerprint density at radius 1 is 1.44 bits per heavy atom. The van der Waals surface area contributed by atoms with Crippen molar-refractivity contribution in [3.05, 3.63) is 0 Å². The van der Waals surface area contributed by atoms with Gasteiger partial charge in [0.1, 0.15) is 4.75 Å². The Kier molecular flexibility index (Phi) is 3.36. The summed E-state index contributed by atoms with van der Waals surface area (Å²) >= 11 is 0. The van der Waals surface area contributed by atoms with E-state index < -0.39 is 20.5 Å². The zero-order valence-electron chi connectivity index (χ0n) is 9.91. The van der Waals surface area contributed by atoms with Gasteiger partial charge in [0.2, 0.25) is 5.91 Å². The minimum atomic E-state index is -3.43. The Morgan fingerprint density at radius 2 is 1.94 bits per heavy atom. The lowest BCUT2D eigenvalue weighted by Crippen LogP contribution is -2.49. The van der Waals surface area contributed by atoms with Crippen LogP contribution in [0.4, 0.5) is 0 Å². The smallest absolute Gasteiger partial charge is 0.240 e. The minimum Gasteiger partial charge on any atom is -0.396 e. The van der Waals surface area contributed by atoms with Crippen molar-refractivity contribution in [2.75, 3.05) is 19.4 Å². The first-order valence-corrected chi connectivity index (χ1v) is 7.13. The van der Waals surface area contributed by atoms with E-state index in [9.17, 15) is 13.2 Å². The van der Waals surface area contributed by atoms with Crippen molar-refractivity contribution in [2.45, 2.75) is 31.4 Å². The Labute approximate surface area is 96.1 Å². The Bertz CT molecular complexity index is 382. The summed E-state index contributed by atoms with van der Waals surface area (Å²) in [6, 6.07) is 0. The van der Waals surface area contributed by atoms with Crippen LogP contribution in [0.2, 0.25) is 0 Å². The fourth-order valence-electron chi connectivity index (χ4n) is 1.22. The topological polar surface area (TPSA) is 83.5 Å². The maximum absolute atomic E-state index is 11.7. The molecule has 1 amide bonds. The molecule has 94 valence electrons. The molecule has 16 heavy (non-hydrogen) atoms. The van der Waals surface area contributed by atoms with Gasteiger partial charge in [-0.1, -0.05) is 0 Å². The Hall–Kier alpha value is -0.620. The van der Waals surface area contributed by atoms with E-state index in [2.05, 4.69) is 5.32 Å². The van der Waals surface area contributed by atoms with Gasteiger partial charge >= 0.3 is 0 Å². The molecule has 1 saturated carbocycles. The number of rotatable bonds is 5. The highest BCUT2D eigenvalue weighted by Crippen LogP contribution is 2.44. The number of hydrogen-bond donors (Lipinski definition) is 2. The third-order valence-corrected chi connectivity index (χ3v) is 5.43. The maximum Gasteiger partial charge on any atom is 0.240 e. The normalized spacial score (nSPS) is 19.2. The molecule has 0 spiro atoms. The number of carbonyl (C=O) groups excluding carboxylic acids is 1. The lowest BCUT2D eigenvalue weighted by atomic mass is 10.1. The molecule has 1 rings (SSSR count). The first-order valence-electron chi connectivity index (χ1n) is 5.23. The number of hydrogen-bond acceptors (Lipinski definition) is 4. The van der Waals surface area contributed by atoms with Crippen LogP contribution < -0.4 is 5.32 Å². The van der Waals surface area contributed by atoms with Gasteiger partial charge in [-0.3, -0.25) is 4.79 Å². The average molecular weight is 249 g/mol. The van der Waals surface area contributed by atoms with Crippen molar-refractivity contribution in [3.63, 3.8) is 0 Å². The second-order valence-electron chi connectivity index (χ2n) is 5.12. The summed E-state index contributed by atoms with van der Waals surface area (Å²) in [5, 5.41) is 11.7. The van der Waals surface area contributed by atoms with Gasteiger partial charge in [-0.05, 0) is 26.7 Å². The highest BCUT2D eigenvalue weighted by Gasteiger charge is 2.44. The molecule has 0 aliphatic heterocycles. The molecule has 1 fully saturated rings. The molecule has 1 aliphatic rings. The standard InChI is InChI=1S/C10H19NO4S/c1-9(2,16(3,14)15)8(13)11-6-10(7-12)4-5-10/h12H,4-7H2,1-3H3,(H,11,13). The molecular formula is C10H19NO4S. The molecular weight excluding hydrogens is 230 g/mol. The molecule has 0 heterocycles. The Balaban J connectivity index is 2.59. The molecule has 5 nitrogen and oxygen atoms in total. The molecule has 0 bridgehead atoms. The minimum absolute atomic E-state index is 0.0343. The molecule has 1 aliphatic carbocycles. The fourth-order valence-corrected chi connectivity index (χ4v) is 1.63. The second-order valence-corrected chi connectivity index (χ2v) is 7.69. The van der Waals surface area contributed by atoms with Crippen molar-refractivity contribution < 1.29 is 18.3 Å². The zero-order valence-corrected chi connectivity index (χ0v) is 10.7. The van der Waals surface area contributed by atoms with E-state index in [-0.39, 0.29) is 12.0 Å². The van der Waals surface area contributed by atoms with Crippen LogP contribution in [0.25, 0.3) is 0 Å². The SMILES string of the molecule is CC(C)(C(=O)NCC1(CO)CC1)S(C)(=O)=O. The second kappa shape index (κ2) is 4.00. The van der Waals surface area contributed by atoms with E-state index in [1.165, 1.54) is 13.8 Å². The monoisotopic (exact) mass is 249 g/mol. The summed E-state index contributed by atoms with van der Waals surface area (Å²) < 4.78 is 21.4. The van der Waals surface area contributed by atoms with Crippen LogP contribution in [0, 0.1) is 5.41 Å². The van der Waals surface area contributed by atoms with Gasteiger partial charge in [-0.2, -0.15) is 0 Å². The maximum atomic E-state index is 11.7. The lowest BCUT2D eigenvalue weighted by Gasteiger charge is -2.23. The van der Waals surface area contributed by atoms with Crippen molar-refractivity contribution in [1.82, 2.24) is 5.32 Å². The molecule has 0 radical (unpaired) electrons. The highest BCUT2D eigenvalue weighted by molar-refractivity contribution is 7.92. The van der Waals surface area contributed by atoms with Crippen LogP contribution in [0.1, 0.15) is 26.7 Å². The number of carbonyl (C=O) groups is 1. The van der Waals surface area contributed by atoms with Crippen molar-refractivity contribution in [2.24, 2.45) is 5.41 Å². The molecule has 0 atom stereocenters. The van der Waals surface area contributed by atoms with Crippen LogP contribution in [0.3, 0.4) is 0 Å². The molecule has 0 saturated heterocycles. The molecule has 0 unspecified atom stereocenters. The summed E-state index contributed by atoms with van der Waals surface area (Å²) in [6.07, 6.45) is 2.80. The molecule has 6 heteroatoms. The summed E-state index contributed by atoms with van der Waals surface area (Å²) in [7, 11) is -3.43. The first kappa shape index (κ1) is 13.4. The number of nitrogens with one attached hydrogen (secondary N) is 1. The fraction of sp³-hybridized carbons (Fsp3) is 0.900. The number of aliphatic hydroxyl groups is 1. The number of aliphatic hydroxyl groups excluding tert-OH is 1. The summed E-state index contributed by atoms with van der Waals surface area (Å²) in [6.45, 7) is 3.15. The lowest BCUT2D eigenvalue weighted by molar-refractivity contribution is -0.123. The van der Waals surface area contributed by atoms with E-state index in [1.54, 1.807) is 0 Å². The summed E-state index contributed by atoms with van der Waals surface area (Å²) in [4.78, 5) is 11.7. The largest absolute Gasteiger partial charge is 0.396 e. The van der Waals surface area contributed by atoms with Crippen LogP contribution in [-0.2, 0) is 14.6 Å². The number of amides is 1. The van der Waals surface area contributed by atoms with Crippen LogP contribution >= 0.6 is 0 Å². The van der Waals surface area contributed by atoms with E-state index in [4.69, 9.17) is 5.11 Å². The molecule has 2 N–H and O–H groups in total. The van der Waals surface area contributed by atoms with Gasteiger partial charge in [0.25, 0.3) is 0 Å². The van der Waals surface area contributed by atoms with Gasteiger partial charge in [0.15, 0.2) is 9.84 Å². The predicted octanol–water partition coefficient (Wildman–Crippen LogP) is -0.302. The van der Waals surface area contributed by atoms with E-state index in [1.807, 2.05) is 0 Å². The molecule has 0 aromatic heterocycles. The third kappa shape index (κ3) is 2.55. The summed E-state index contributed by atoms with van der Waals surface area (Å²) in [5.41, 5.74) is -0.205. The predicted molar refractivity (Wildman–Crippen MR) is 60.7 cm³/mol. The van der Waals surface area contributed by atoms with Gasteiger partial charge in [-0.15, -0.1) is 0 Å². The molecule has 0 aromatic carbocycles. The van der Waals surface area contributed by atoms with Crippen molar-refractivity contribution in [1.29, 1.82) is 0 Å². The van der Waals surface area contributed by atoms with E-state index in [0.717, 1.165) is 19.1 Å². The summed E-state index contributed by atoms with van der Waals surface area (Å²) in [5.74, 6) is -0.505. The van der Waals surface area contributed by atoms with Crippen molar-refractivity contribution in [3.8, 4) is 0 Å².